The van der Waals surface area contributed by atoms with Gasteiger partial charge in [-0.15, -0.1) is 0 Å². The molecule has 3 aromatic rings. The Bertz CT molecular complexity index is 868. The number of hydrogen-bond donors (Lipinski definition) is 1. The molecule has 0 aliphatic carbocycles. The summed E-state index contributed by atoms with van der Waals surface area (Å²) in [6.07, 6.45) is 0. The lowest BCUT2D eigenvalue weighted by Gasteiger charge is -2.05. The topological polar surface area (TPSA) is 68.3 Å². The summed E-state index contributed by atoms with van der Waals surface area (Å²) in [5.41, 5.74) is 0.931. The summed E-state index contributed by atoms with van der Waals surface area (Å²) in [7, 11) is 0. The number of hydrogen-bond acceptors (Lipinski definition) is 3. The molecule has 0 aliphatic rings. The van der Waals surface area contributed by atoms with Gasteiger partial charge >= 0.3 is 5.97 Å². The predicted molar refractivity (Wildman–Crippen MR) is 83.0 cm³/mol. The van der Waals surface area contributed by atoms with Crippen molar-refractivity contribution in [2.75, 3.05) is 0 Å². The van der Waals surface area contributed by atoms with E-state index in [0.29, 0.717) is 27.2 Å². The Hall–Kier alpha value is -2.24. The SMILES string of the molecule is Cc1ccc(-c2cc(C(=O)O)n(-c3ccc(Cl)c(Cl)c3)n2)o1. The van der Waals surface area contributed by atoms with Gasteiger partial charge in [0.15, 0.2) is 11.5 Å². The van der Waals surface area contributed by atoms with E-state index in [-0.39, 0.29) is 5.69 Å². The van der Waals surface area contributed by atoms with Crippen molar-refractivity contribution in [3.8, 4) is 17.1 Å². The normalized spacial score (nSPS) is 10.9. The first-order valence-corrected chi connectivity index (χ1v) is 7.07. The highest BCUT2D eigenvalue weighted by Crippen LogP contribution is 2.27. The number of halogens is 2. The van der Waals surface area contributed by atoms with E-state index >= 15 is 0 Å². The standard InChI is InChI=1S/C15H10Cl2N2O3/c1-8-2-5-14(22-8)12-7-13(15(20)21)19(18-12)9-3-4-10(16)11(17)6-9/h2-7H,1H3,(H,20,21). The average Bonchev–Trinajstić information content (AvgIpc) is 3.08. The molecule has 0 amide bonds. The van der Waals surface area contributed by atoms with Gasteiger partial charge in [0, 0.05) is 6.07 Å². The molecular formula is C15H10Cl2N2O3. The number of benzene rings is 1. The van der Waals surface area contributed by atoms with E-state index in [1.54, 1.807) is 37.3 Å². The Balaban J connectivity index is 2.15. The molecule has 5 nitrogen and oxygen atoms in total. The molecule has 1 aromatic carbocycles. The summed E-state index contributed by atoms with van der Waals surface area (Å²) in [6.45, 7) is 1.80. The van der Waals surface area contributed by atoms with Crippen LogP contribution in [0.1, 0.15) is 16.2 Å². The first kappa shape index (κ1) is 14.7. The van der Waals surface area contributed by atoms with Crippen LogP contribution in [0.5, 0.6) is 0 Å². The van der Waals surface area contributed by atoms with Crippen LogP contribution in [0.25, 0.3) is 17.1 Å². The number of aromatic carboxylic acids is 1. The van der Waals surface area contributed by atoms with Gasteiger partial charge in [0.2, 0.25) is 0 Å². The molecule has 0 saturated heterocycles. The molecule has 0 atom stereocenters. The summed E-state index contributed by atoms with van der Waals surface area (Å²) in [6, 6.07) is 9.76. The second kappa shape index (κ2) is 5.51. The number of carboxylic acid groups (broad SMARTS) is 1. The minimum absolute atomic E-state index is 0.00226. The fraction of sp³-hybridized carbons (Fsp3) is 0.0667. The fourth-order valence-electron chi connectivity index (χ4n) is 2.04. The van der Waals surface area contributed by atoms with Crippen molar-refractivity contribution in [2.24, 2.45) is 0 Å². The van der Waals surface area contributed by atoms with Gasteiger partial charge < -0.3 is 9.52 Å². The molecule has 3 rings (SSSR count). The molecule has 0 spiro atoms. The number of aromatic nitrogens is 2. The average molecular weight is 337 g/mol. The van der Waals surface area contributed by atoms with Crippen LogP contribution in [0, 0.1) is 6.92 Å². The number of furan rings is 1. The molecule has 0 aliphatic heterocycles. The Morgan fingerprint density at radius 3 is 2.55 bits per heavy atom. The Morgan fingerprint density at radius 2 is 1.95 bits per heavy atom. The smallest absolute Gasteiger partial charge is 0.354 e. The number of carboxylic acids is 1. The molecule has 0 saturated carbocycles. The molecule has 1 N–H and O–H groups in total. The Kier molecular flexibility index (Phi) is 3.68. The van der Waals surface area contributed by atoms with Crippen LogP contribution < -0.4 is 0 Å². The number of aryl methyl sites for hydroxylation is 1. The summed E-state index contributed by atoms with van der Waals surface area (Å²) >= 11 is 11.9. The first-order valence-electron chi connectivity index (χ1n) is 6.31. The van der Waals surface area contributed by atoms with Crippen molar-refractivity contribution in [1.82, 2.24) is 9.78 Å². The summed E-state index contributed by atoms with van der Waals surface area (Å²) in [5, 5.41) is 14.4. The highest BCUT2D eigenvalue weighted by Gasteiger charge is 2.18. The van der Waals surface area contributed by atoms with Crippen molar-refractivity contribution < 1.29 is 14.3 Å². The monoisotopic (exact) mass is 336 g/mol. The molecule has 0 bridgehead atoms. The van der Waals surface area contributed by atoms with E-state index in [4.69, 9.17) is 27.6 Å². The molecule has 22 heavy (non-hydrogen) atoms. The third kappa shape index (κ3) is 2.61. The van der Waals surface area contributed by atoms with Gasteiger partial charge in [-0.05, 0) is 37.3 Å². The molecule has 0 fully saturated rings. The fourth-order valence-corrected chi connectivity index (χ4v) is 2.33. The van der Waals surface area contributed by atoms with Crippen LogP contribution >= 0.6 is 23.2 Å². The summed E-state index contributed by atoms with van der Waals surface area (Å²) in [4.78, 5) is 11.4. The van der Waals surface area contributed by atoms with Gasteiger partial charge in [0.05, 0.1) is 15.7 Å². The molecule has 2 aromatic heterocycles. The lowest BCUT2D eigenvalue weighted by atomic mass is 10.3. The highest BCUT2D eigenvalue weighted by molar-refractivity contribution is 6.42. The number of nitrogens with zero attached hydrogens (tertiary/aromatic N) is 2. The Labute approximate surface area is 135 Å². The maximum absolute atomic E-state index is 11.4. The van der Waals surface area contributed by atoms with Gasteiger partial charge in [-0.25, -0.2) is 9.48 Å². The maximum atomic E-state index is 11.4. The third-order valence-corrected chi connectivity index (χ3v) is 3.81. The van der Waals surface area contributed by atoms with Crippen molar-refractivity contribution in [2.45, 2.75) is 6.92 Å². The van der Waals surface area contributed by atoms with E-state index in [0.717, 1.165) is 5.76 Å². The van der Waals surface area contributed by atoms with E-state index in [1.165, 1.54) is 10.7 Å². The van der Waals surface area contributed by atoms with Gasteiger partial charge in [-0.3, -0.25) is 0 Å². The van der Waals surface area contributed by atoms with Crippen molar-refractivity contribution in [3.05, 3.63) is 57.9 Å². The third-order valence-electron chi connectivity index (χ3n) is 3.07. The van der Waals surface area contributed by atoms with Crippen LogP contribution in [-0.2, 0) is 0 Å². The minimum Gasteiger partial charge on any atom is -0.477 e. The molecule has 7 heteroatoms. The van der Waals surface area contributed by atoms with Crippen LogP contribution in [0.3, 0.4) is 0 Å². The molecule has 112 valence electrons. The molecular weight excluding hydrogens is 327 g/mol. The minimum atomic E-state index is -1.10. The lowest BCUT2D eigenvalue weighted by molar-refractivity contribution is 0.0687. The van der Waals surface area contributed by atoms with Gasteiger partial charge in [0.25, 0.3) is 0 Å². The highest BCUT2D eigenvalue weighted by atomic mass is 35.5. The van der Waals surface area contributed by atoms with E-state index in [2.05, 4.69) is 5.10 Å². The van der Waals surface area contributed by atoms with Crippen LogP contribution in [0.4, 0.5) is 0 Å². The van der Waals surface area contributed by atoms with Crippen LogP contribution in [0.15, 0.2) is 40.8 Å². The summed E-state index contributed by atoms with van der Waals surface area (Å²) < 4.78 is 6.77. The zero-order valence-corrected chi connectivity index (χ0v) is 12.9. The molecule has 2 heterocycles. The van der Waals surface area contributed by atoms with E-state index < -0.39 is 5.97 Å². The van der Waals surface area contributed by atoms with E-state index in [1.807, 2.05) is 0 Å². The van der Waals surface area contributed by atoms with Gasteiger partial charge in [-0.2, -0.15) is 5.10 Å². The van der Waals surface area contributed by atoms with Crippen molar-refractivity contribution >= 4 is 29.2 Å². The van der Waals surface area contributed by atoms with Crippen molar-refractivity contribution in [1.29, 1.82) is 0 Å². The maximum Gasteiger partial charge on any atom is 0.354 e. The zero-order valence-electron chi connectivity index (χ0n) is 11.4. The van der Waals surface area contributed by atoms with Crippen molar-refractivity contribution in [3.63, 3.8) is 0 Å². The second-order valence-electron chi connectivity index (χ2n) is 4.64. The van der Waals surface area contributed by atoms with Crippen LogP contribution in [0.2, 0.25) is 10.0 Å². The first-order chi connectivity index (χ1) is 10.5. The lowest BCUT2D eigenvalue weighted by Crippen LogP contribution is -2.07. The summed E-state index contributed by atoms with van der Waals surface area (Å²) in [5.74, 6) is 0.114. The molecule has 0 unspecified atom stereocenters. The second-order valence-corrected chi connectivity index (χ2v) is 5.45. The van der Waals surface area contributed by atoms with E-state index in [9.17, 15) is 9.90 Å². The van der Waals surface area contributed by atoms with Gasteiger partial charge in [0.1, 0.15) is 11.5 Å². The Morgan fingerprint density at radius 1 is 1.18 bits per heavy atom. The predicted octanol–water partition coefficient (Wildman–Crippen LogP) is 4.45. The number of rotatable bonds is 3. The quantitative estimate of drug-likeness (QED) is 0.767. The zero-order chi connectivity index (χ0) is 15.9. The molecule has 0 radical (unpaired) electrons. The van der Waals surface area contributed by atoms with Crippen LogP contribution in [-0.4, -0.2) is 20.9 Å². The van der Waals surface area contributed by atoms with Gasteiger partial charge in [-0.1, -0.05) is 23.2 Å². The largest absolute Gasteiger partial charge is 0.477 e. The number of carbonyl (C=O) groups is 1.